The molecule has 0 spiro atoms. The van der Waals surface area contributed by atoms with Crippen LogP contribution in [-0.2, 0) is 0 Å². The molecule has 2 nitrogen and oxygen atoms in total. The van der Waals surface area contributed by atoms with Crippen LogP contribution >= 0.6 is 0 Å². The molecule has 0 aliphatic carbocycles. The summed E-state index contributed by atoms with van der Waals surface area (Å²) in [6.07, 6.45) is 7.96. The van der Waals surface area contributed by atoms with Gasteiger partial charge in [0.2, 0.25) is 0 Å². The molecule has 0 saturated carbocycles. The van der Waals surface area contributed by atoms with E-state index in [1.54, 1.807) is 0 Å². The molecule has 0 heterocycles. The minimum atomic E-state index is 0.360. The normalized spacial score (nSPS) is 11.8. The summed E-state index contributed by atoms with van der Waals surface area (Å²) < 4.78 is 5.83. The Balaban J connectivity index is 2.69. The van der Waals surface area contributed by atoms with Crippen molar-refractivity contribution in [3.63, 3.8) is 0 Å². The third-order valence-corrected chi connectivity index (χ3v) is 2.88. The van der Waals surface area contributed by atoms with Gasteiger partial charge in [-0.2, -0.15) is 0 Å². The van der Waals surface area contributed by atoms with E-state index in [-0.39, 0.29) is 0 Å². The van der Waals surface area contributed by atoms with Crippen molar-refractivity contribution in [3.8, 4) is 18.1 Å². The fraction of sp³-hybridized carbons (Fsp3) is 0.500. The predicted octanol–water partition coefficient (Wildman–Crippen LogP) is 3.54. The number of rotatable bonds is 8. The van der Waals surface area contributed by atoms with Crippen LogP contribution in [0, 0.1) is 12.3 Å². The maximum absolute atomic E-state index is 5.83. The molecule has 1 rings (SSSR count). The van der Waals surface area contributed by atoms with Crippen molar-refractivity contribution in [2.45, 2.75) is 39.2 Å². The van der Waals surface area contributed by atoms with Crippen LogP contribution in [-0.4, -0.2) is 13.2 Å². The van der Waals surface area contributed by atoms with Gasteiger partial charge < -0.3 is 10.1 Å². The number of hydrogen-bond donors (Lipinski definition) is 1. The van der Waals surface area contributed by atoms with E-state index >= 15 is 0 Å². The lowest BCUT2D eigenvalue weighted by atomic mass is 10.0. The summed E-state index contributed by atoms with van der Waals surface area (Å²) >= 11 is 0. The molecule has 1 aromatic rings. The minimum Gasteiger partial charge on any atom is -0.493 e. The molecule has 18 heavy (non-hydrogen) atoms. The molecule has 0 aliphatic rings. The molecule has 2 heteroatoms. The highest BCUT2D eigenvalue weighted by Gasteiger charge is 2.12. The summed E-state index contributed by atoms with van der Waals surface area (Å²) in [4.78, 5) is 0. The molecule has 0 aromatic heterocycles. The summed E-state index contributed by atoms with van der Waals surface area (Å²) in [6, 6.07) is 8.60. The largest absolute Gasteiger partial charge is 0.493 e. The number of nitrogens with one attached hydrogen (secondary N) is 1. The smallest absolute Gasteiger partial charge is 0.124 e. The lowest BCUT2D eigenvalue weighted by molar-refractivity contribution is 0.305. The number of para-hydroxylation sites is 1. The maximum Gasteiger partial charge on any atom is 0.124 e. The summed E-state index contributed by atoms with van der Waals surface area (Å²) in [5, 5.41) is 3.48. The lowest BCUT2D eigenvalue weighted by Crippen LogP contribution is -2.20. The second-order valence-electron chi connectivity index (χ2n) is 4.21. The summed E-state index contributed by atoms with van der Waals surface area (Å²) in [5.41, 5.74) is 1.24. The number of benzene rings is 1. The zero-order valence-corrected chi connectivity index (χ0v) is 11.4. The Morgan fingerprint density at radius 1 is 1.33 bits per heavy atom. The van der Waals surface area contributed by atoms with Gasteiger partial charge in [-0.3, -0.25) is 0 Å². The molecule has 0 fully saturated rings. The maximum atomic E-state index is 5.83. The van der Waals surface area contributed by atoms with E-state index in [2.05, 4.69) is 37.2 Å². The van der Waals surface area contributed by atoms with Gasteiger partial charge in [-0.25, -0.2) is 0 Å². The van der Waals surface area contributed by atoms with E-state index < -0.39 is 0 Å². The topological polar surface area (TPSA) is 21.3 Å². The van der Waals surface area contributed by atoms with Crippen LogP contribution in [0.1, 0.15) is 44.7 Å². The molecule has 0 saturated heterocycles. The van der Waals surface area contributed by atoms with Crippen molar-refractivity contribution in [2.24, 2.45) is 0 Å². The van der Waals surface area contributed by atoms with Gasteiger partial charge in [-0.1, -0.05) is 32.0 Å². The second-order valence-corrected chi connectivity index (χ2v) is 4.21. The highest BCUT2D eigenvalue weighted by Crippen LogP contribution is 2.27. The van der Waals surface area contributed by atoms with Crippen LogP contribution in [0.3, 0.4) is 0 Å². The standard InChI is InChI=1S/C16H23NO/c1-4-7-10-13-18-16-12-9-8-11-14(16)15(5-2)17-6-3/h1,8-9,11-12,15,17H,5-7,10,13H2,2-3H3. The summed E-state index contributed by atoms with van der Waals surface area (Å²) in [7, 11) is 0. The van der Waals surface area contributed by atoms with E-state index in [9.17, 15) is 0 Å². The second kappa shape index (κ2) is 8.60. The molecule has 0 bridgehead atoms. The molecule has 0 radical (unpaired) electrons. The van der Waals surface area contributed by atoms with Gasteiger partial charge in [0, 0.05) is 18.0 Å². The van der Waals surface area contributed by atoms with Crippen LogP contribution in [0.4, 0.5) is 0 Å². The Kier molecular flexibility index (Phi) is 6.98. The Labute approximate surface area is 111 Å². The molecule has 0 amide bonds. The molecular weight excluding hydrogens is 222 g/mol. The minimum absolute atomic E-state index is 0.360. The van der Waals surface area contributed by atoms with Crippen LogP contribution < -0.4 is 10.1 Å². The SMILES string of the molecule is C#CCCCOc1ccccc1C(CC)NCC. The van der Waals surface area contributed by atoms with E-state index in [1.807, 2.05) is 12.1 Å². The quantitative estimate of drug-likeness (QED) is 0.559. The van der Waals surface area contributed by atoms with Crippen molar-refractivity contribution in [2.75, 3.05) is 13.2 Å². The fourth-order valence-electron chi connectivity index (χ4n) is 1.98. The van der Waals surface area contributed by atoms with Gasteiger partial charge in [-0.05, 0) is 25.5 Å². The van der Waals surface area contributed by atoms with Gasteiger partial charge in [0.15, 0.2) is 0 Å². The first kappa shape index (κ1) is 14.6. The molecular formula is C16H23NO. The first-order chi connectivity index (χ1) is 8.83. The van der Waals surface area contributed by atoms with Crippen LogP contribution in [0.25, 0.3) is 0 Å². The Bertz CT molecular complexity index is 381. The molecule has 1 aromatic carbocycles. The van der Waals surface area contributed by atoms with Gasteiger partial charge >= 0.3 is 0 Å². The van der Waals surface area contributed by atoms with Crippen LogP contribution in [0.2, 0.25) is 0 Å². The van der Waals surface area contributed by atoms with Crippen molar-refractivity contribution in [3.05, 3.63) is 29.8 Å². The van der Waals surface area contributed by atoms with Gasteiger partial charge in [-0.15, -0.1) is 12.3 Å². The van der Waals surface area contributed by atoms with E-state index in [0.29, 0.717) is 12.6 Å². The molecule has 1 atom stereocenters. The van der Waals surface area contributed by atoms with E-state index in [0.717, 1.165) is 31.6 Å². The third-order valence-electron chi connectivity index (χ3n) is 2.88. The Morgan fingerprint density at radius 3 is 2.78 bits per heavy atom. The van der Waals surface area contributed by atoms with Crippen LogP contribution in [0.15, 0.2) is 24.3 Å². The van der Waals surface area contributed by atoms with Gasteiger partial charge in [0.25, 0.3) is 0 Å². The van der Waals surface area contributed by atoms with E-state index in [1.165, 1.54) is 5.56 Å². The Morgan fingerprint density at radius 2 is 2.11 bits per heavy atom. The zero-order valence-electron chi connectivity index (χ0n) is 11.4. The van der Waals surface area contributed by atoms with Crippen molar-refractivity contribution < 1.29 is 4.74 Å². The van der Waals surface area contributed by atoms with Crippen LogP contribution in [0.5, 0.6) is 5.75 Å². The van der Waals surface area contributed by atoms with E-state index in [4.69, 9.17) is 11.2 Å². The monoisotopic (exact) mass is 245 g/mol. The predicted molar refractivity (Wildman–Crippen MR) is 76.7 cm³/mol. The highest BCUT2D eigenvalue weighted by molar-refractivity contribution is 5.35. The number of ether oxygens (including phenoxy) is 1. The molecule has 98 valence electrons. The first-order valence-corrected chi connectivity index (χ1v) is 6.72. The molecule has 1 unspecified atom stereocenters. The van der Waals surface area contributed by atoms with Crippen molar-refractivity contribution in [1.29, 1.82) is 0 Å². The van der Waals surface area contributed by atoms with Gasteiger partial charge in [0.1, 0.15) is 5.75 Å². The summed E-state index contributed by atoms with van der Waals surface area (Å²) in [5.74, 6) is 3.60. The average Bonchev–Trinajstić information content (AvgIpc) is 2.42. The molecule has 1 N–H and O–H groups in total. The first-order valence-electron chi connectivity index (χ1n) is 6.72. The zero-order chi connectivity index (χ0) is 13.2. The number of terminal acetylenes is 1. The van der Waals surface area contributed by atoms with Crippen molar-refractivity contribution in [1.82, 2.24) is 5.32 Å². The fourth-order valence-corrected chi connectivity index (χ4v) is 1.98. The summed E-state index contributed by atoms with van der Waals surface area (Å²) in [6.45, 7) is 5.95. The molecule has 0 aliphatic heterocycles. The highest BCUT2D eigenvalue weighted by atomic mass is 16.5. The third kappa shape index (κ3) is 4.43. The van der Waals surface area contributed by atoms with Crippen molar-refractivity contribution >= 4 is 0 Å². The Hall–Kier alpha value is -1.46. The van der Waals surface area contributed by atoms with Gasteiger partial charge in [0.05, 0.1) is 6.61 Å². The number of unbranched alkanes of at least 4 members (excludes halogenated alkanes) is 1. The lowest BCUT2D eigenvalue weighted by Gasteiger charge is -2.20. The average molecular weight is 245 g/mol. The number of hydrogen-bond acceptors (Lipinski definition) is 2.